The lowest BCUT2D eigenvalue weighted by molar-refractivity contribution is -0.00831. The molecule has 1 atom stereocenters. The number of nitrogens with zero attached hydrogens (tertiary/aromatic N) is 4. The van der Waals surface area contributed by atoms with Crippen LogP contribution in [0.2, 0.25) is 0 Å². The number of morpholine rings is 1. The summed E-state index contributed by atoms with van der Waals surface area (Å²) in [6.07, 6.45) is 2.53. The van der Waals surface area contributed by atoms with E-state index in [0.717, 1.165) is 32.2 Å². The highest BCUT2D eigenvalue weighted by Crippen LogP contribution is 2.24. The summed E-state index contributed by atoms with van der Waals surface area (Å²) in [4.78, 5) is 11.9. The Bertz CT molecular complexity index is 627. The Morgan fingerprint density at radius 2 is 1.93 bits per heavy atom. The maximum absolute atomic E-state index is 6.05. The van der Waals surface area contributed by atoms with Crippen molar-refractivity contribution in [3.63, 3.8) is 0 Å². The number of rotatable bonds is 6. The molecule has 2 fully saturated rings. The Hall–Kier alpha value is -1.63. The lowest BCUT2D eigenvalue weighted by atomic mass is 10.0. The third-order valence-electron chi connectivity index (χ3n) is 5.89. The minimum absolute atomic E-state index is 0.116. The average Bonchev–Trinajstić information content (AvgIpc) is 2.72. The van der Waals surface area contributed by atoms with Crippen molar-refractivity contribution < 1.29 is 4.74 Å². The number of unbranched alkanes of at least 4 members (excludes halogenated alkanes) is 1. The third-order valence-corrected chi connectivity index (χ3v) is 5.89. The van der Waals surface area contributed by atoms with Gasteiger partial charge in [-0.1, -0.05) is 24.3 Å². The highest BCUT2D eigenvalue weighted by Gasteiger charge is 2.25. The fourth-order valence-electron chi connectivity index (χ4n) is 4.04. The molecular weight excluding hydrogens is 350 g/mol. The molecule has 0 saturated carbocycles. The zero-order valence-electron chi connectivity index (χ0n) is 17.9. The van der Waals surface area contributed by atoms with Gasteiger partial charge in [0, 0.05) is 46.3 Å². The lowest BCUT2D eigenvalue weighted by Crippen LogP contribution is -2.48. The molecule has 2 aliphatic rings. The van der Waals surface area contributed by atoms with E-state index in [1.165, 1.54) is 56.7 Å². The first-order valence-electron chi connectivity index (χ1n) is 10.7. The van der Waals surface area contributed by atoms with Crippen LogP contribution in [0, 0.1) is 6.92 Å². The van der Waals surface area contributed by atoms with Gasteiger partial charge in [-0.25, -0.2) is 0 Å². The maximum Gasteiger partial charge on any atom is 0.193 e. The van der Waals surface area contributed by atoms with Crippen LogP contribution in [0.15, 0.2) is 29.3 Å². The number of guanidine groups is 1. The van der Waals surface area contributed by atoms with Gasteiger partial charge in [-0.2, -0.15) is 0 Å². The van der Waals surface area contributed by atoms with Crippen LogP contribution in [0.4, 0.5) is 0 Å². The van der Waals surface area contributed by atoms with Crippen LogP contribution in [-0.2, 0) is 4.74 Å². The predicted octanol–water partition coefficient (Wildman–Crippen LogP) is 1.97. The van der Waals surface area contributed by atoms with E-state index in [1.54, 1.807) is 0 Å². The fourth-order valence-corrected chi connectivity index (χ4v) is 4.04. The van der Waals surface area contributed by atoms with Crippen LogP contribution in [0.3, 0.4) is 0 Å². The second-order valence-electron chi connectivity index (χ2n) is 7.99. The molecule has 2 saturated heterocycles. The Kier molecular flexibility index (Phi) is 8.13. The molecule has 0 aliphatic carbocycles. The van der Waals surface area contributed by atoms with Crippen LogP contribution in [0.25, 0.3) is 0 Å². The molecule has 1 N–H and O–H groups in total. The summed E-state index contributed by atoms with van der Waals surface area (Å²) < 4.78 is 6.05. The first-order valence-corrected chi connectivity index (χ1v) is 10.7. The third kappa shape index (κ3) is 5.93. The molecule has 1 aromatic carbocycles. The molecule has 3 rings (SSSR count). The molecule has 0 radical (unpaired) electrons. The topological polar surface area (TPSA) is 43.3 Å². The van der Waals surface area contributed by atoms with Gasteiger partial charge in [0.15, 0.2) is 5.96 Å². The van der Waals surface area contributed by atoms with Crippen LogP contribution in [-0.4, -0.2) is 93.7 Å². The number of nitrogens with one attached hydrogen (secondary N) is 1. The van der Waals surface area contributed by atoms with E-state index in [2.05, 4.69) is 63.2 Å². The molecule has 6 nitrogen and oxygen atoms in total. The van der Waals surface area contributed by atoms with Gasteiger partial charge >= 0.3 is 0 Å². The summed E-state index contributed by atoms with van der Waals surface area (Å²) in [5, 5.41) is 3.56. The van der Waals surface area contributed by atoms with E-state index in [-0.39, 0.29) is 6.10 Å². The minimum Gasteiger partial charge on any atom is -0.370 e. The summed E-state index contributed by atoms with van der Waals surface area (Å²) >= 11 is 0. The van der Waals surface area contributed by atoms with Gasteiger partial charge in [0.2, 0.25) is 0 Å². The van der Waals surface area contributed by atoms with Gasteiger partial charge in [0.05, 0.1) is 13.2 Å². The SMILES string of the molecule is CN=C(NCCCCN1CCN(C)CC1)N1CCOC(c2ccccc2C)C1. The standard InChI is InChI=1S/C22H37N5O/c1-19-8-4-5-9-20(19)21-18-27(16-17-28-21)22(23-2)24-10-6-7-11-26-14-12-25(3)13-15-26/h4-5,8-9,21H,6-7,10-18H2,1-3H3,(H,23,24). The van der Waals surface area contributed by atoms with Crippen molar-refractivity contribution in [2.45, 2.75) is 25.9 Å². The van der Waals surface area contributed by atoms with Crippen molar-refractivity contribution in [3.05, 3.63) is 35.4 Å². The highest BCUT2D eigenvalue weighted by atomic mass is 16.5. The van der Waals surface area contributed by atoms with Crippen LogP contribution >= 0.6 is 0 Å². The van der Waals surface area contributed by atoms with E-state index < -0.39 is 0 Å². The number of benzene rings is 1. The molecule has 2 aliphatic heterocycles. The monoisotopic (exact) mass is 387 g/mol. The van der Waals surface area contributed by atoms with Gasteiger partial charge < -0.3 is 24.8 Å². The second kappa shape index (κ2) is 10.8. The quantitative estimate of drug-likeness (QED) is 0.459. The first kappa shape index (κ1) is 21.1. The van der Waals surface area contributed by atoms with Gasteiger partial charge in [-0.15, -0.1) is 0 Å². The smallest absolute Gasteiger partial charge is 0.193 e. The van der Waals surface area contributed by atoms with Crippen LogP contribution < -0.4 is 5.32 Å². The van der Waals surface area contributed by atoms with Crippen LogP contribution in [0.5, 0.6) is 0 Å². The van der Waals surface area contributed by atoms with Gasteiger partial charge in [-0.3, -0.25) is 4.99 Å². The van der Waals surface area contributed by atoms with Crippen molar-refractivity contribution in [2.75, 3.05) is 73.1 Å². The average molecular weight is 388 g/mol. The Morgan fingerprint density at radius 3 is 2.68 bits per heavy atom. The maximum atomic E-state index is 6.05. The van der Waals surface area contributed by atoms with Gasteiger partial charge in [-0.05, 0) is 44.5 Å². The van der Waals surface area contributed by atoms with Gasteiger partial charge in [0.1, 0.15) is 6.10 Å². The molecule has 1 unspecified atom stereocenters. The molecular formula is C22H37N5O. The molecule has 28 heavy (non-hydrogen) atoms. The summed E-state index contributed by atoms with van der Waals surface area (Å²) in [6, 6.07) is 8.52. The highest BCUT2D eigenvalue weighted by molar-refractivity contribution is 5.80. The Morgan fingerprint density at radius 1 is 1.14 bits per heavy atom. The molecule has 0 bridgehead atoms. The molecule has 1 aromatic rings. The number of hydrogen-bond acceptors (Lipinski definition) is 4. The normalized spacial score (nSPS) is 22.5. The molecule has 0 aromatic heterocycles. The van der Waals surface area contributed by atoms with Crippen molar-refractivity contribution in [1.82, 2.24) is 20.0 Å². The molecule has 156 valence electrons. The van der Waals surface area contributed by atoms with Crippen LogP contribution in [0.1, 0.15) is 30.1 Å². The Balaban J connectivity index is 1.40. The second-order valence-corrected chi connectivity index (χ2v) is 7.99. The predicted molar refractivity (Wildman–Crippen MR) is 116 cm³/mol. The van der Waals surface area contributed by atoms with Crippen molar-refractivity contribution in [2.24, 2.45) is 4.99 Å². The largest absolute Gasteiger partial charge is 0.370 e. The van der Waals surface area contributed by atoms with E-state index in [1.807, 2.05) is 7.05 Å². The van der Waals surface area contributed by atoms with Crippen molar-refractivity contribution >= 4 is 5.96 Å². The number of hydrogen-bond donors (Lipinski definition) is 1. The number of piperazine rings is 1. The summed E-state index contributed by atoms with van der Waals surface area (Å²) in [5.41, 5.74) is 2.58. The number of likely N-dealkylation sites (N-methyl/N-ethyl adjacent to an activating group) is 1. The number of aryl methyl sites for hydroxylation is 1. The summed E-state index contributed by atoms with van der Waals surface area (Å²) in [7, 11) is 4.09. The zero-order valence-corrected chi connectivity index (χ0v) is 17.9. The molecule has 6 heteroatoms. The Labute approximate surface area is 170 Å². The molecule has 0 spiro atoms. The zero-order chi connectivity index (χ0) is 19.8. The lowest BCUT2D eigenvalue weighted by Gasteiger charge is -2.36. The number of ether oxygens (including phenoxy) is 1. The molecule has 2 heterocycles. The van der Waals surface area contributed by atoms with Crippen molar-refractivity contribution in [1.29, 1.82) is 0 Å². The first-order chi connectivity index (χ1) is 13.7. The minimum atomic E-state index is 0.116. The van der Waals surface area contributed by atoms with E-state index in [4.69, 9.17) is 4.74 Å². The van der Waals surface area contributed by atoms with E-state index >= 15 is 0 Å². The fraction of sp³-hybridized carbons (Fsp3) is 0.682. The van der Waals surface area contributed by atoms with E-state index in [9.17, 15) is 0 Å². The summed E-state index contributed by atoms with van der Waals surface area (Å²) in [5.74, 6) is 1.00. The van der Waals surface area contributed by atoms with Crippen molar-refractivity contribution in [3.8, 4) is 0 Å². The molecule has 0 amide bonds. The number of aliphatic imine (C=N–C) groups is 1. The van der Waals surface area contributed by atoms with Gasteiger partial charge in [0.25, 0.3) is 0 Å². The summed E-state index contributed by atoms with van der Waals surface area (Å²) in [6.45, 7) is 11.6. The van der Waals surface area contributed by atoms with E-state index in [0.29, 0.717) is 0 Å².